The van der Waals surface area contributed by atoms with Crippen molar-refractivity contribution in [3.63, 3.8) is 0 Å². The molecule has 1 aliphatic heterocycles. The second kappa shape index (κ2) is 7.45. The molecule has 0 spiro atoms. The van der Waals surface area contributed by atoms with Crippen LogP contribution in [0.25, 0.3) is 0 Å². The van der Waals surface area contributed by atoms with E-state index in [9.17, 15) is 14.7 Å². The molecule has 3 atom stereocenters. The normalized spacial score (nSPS) is 24.4. The highest BCUT2D eigenvalue weighted by molar-refractivity contribution is 5.82. The van der Waals surface area contributed by atoms with Gasteiger partial charge in [0, 0.05) is 19.5 Å². The Hall–Kier alpha value is -1.14. The van der Waals surface area contributed by atoms with Gasteiger partial charge in [-0.3, -0.25) is 9.59 Å². The van der Waals surface area contributed by atoms with Crippen LogP contribution >= 0.6 is 0 Å². The molecule has 1 amide bonds. The summed E-state index contributed by atoms with van der Waals surface area (Å²) in [7, 11) is 0. The number of β-amino-alcohol motifs (C(OH)–C–C–N with tert-alkyl or cyclic N) is 1. The summed E-state index contributed by atoms with van der Waals surface area (Å²) in [5.41, 5.74) is 0. The van der Waals surface area contributed by atoms with Gasteiger partial charge in [0.25, 0.3) is 0 Å². The van der Waals surface area contributed by atoms with E-state index in [1.54, 1.807) is 0 Å². The number of carbonyl (C=O) groups is 2. The number of carbonyl (C=O) groups excluding carboxylic acids is 1. The van der Waals surface area contributed by atoms with Crippen molar-refractivity contribution in [1.29, 1.82) is 0 Å². The first kappa shape index (κ1) is 15.9. The predicted octanol–water partition coefficient (Wildman–Crippen LogP) is -0.0376. The fourth-order valence-electron chi connectivity index (χ4n) is 2.44. The molecule has 1 heterocycles. The number of aliphatic carboxylic acids is 1. The zero-order chi connectivity index (χ0) is 14.4. The first-order valence-corrected chi connectivity index (χ1v) is 6.79. The van der Waals surface area contributed by atoms with Crippen LogP contribution in [0.5, 0.6) is 0 Å². The zero-order valence-corrected chi connectivity index (χ0v) is 11.6. The lowest BCUT2D eigenvalue weighted by Crippen LogP contribution is -2.42. The fourth-order valence-corrected chi connectivity index (χ4v) is 2.44. The minimum absolute atomic E-state index is 0.0484. The summed E-state index contributed by atoms with van der Waals surface area (Å²) >= 11 is 0. The van der Waals surface area contributed by atoms with Crippen LogP contribution in [0.2, 0.25) is 0 Å². The van der Waals surface area contributed by atoms with Crippen molar-refractivity contribution in [3.05, 3.63) is 0 Å². The number of carboxylic acid groups (broad SMARTS) is 1. The molecule has 0 radical (unpaired) electrons. The van der Waals surface area contributed by atoms with Crippen molar-refractivity contribution >= 4 is 11.9 Å². The first-order chi connectivity index (χ1) is 8.88. The third-order valence-electron chi connectivity index (χ3n) is 3.26. The zero-order valence-electron chi connectivity index (χ0n) is 11.6. The molecule has 0 bridgehead atoms. The number of rotatable bonds is 7. The highest BCUT2D eigenvalue weighted by Gasteiger charge is 2.28. The van der Waals surface area contributed by atoms with Gasteiger partial charge < -0.3 is 20.8 Å². The average Bonchev–Trinajstić information content (AvgIpc) is 2.71. The van der Waals surface area contributed by atoms with E-state index < -0.39 is 12.1 Å². The SMILES string of the molecule is CC(C)CC(CNC(=O)C1CC(O)CN1)CC(=O)O. The molecule has 6 heteroatoms. The third kappa shape index (κ3) is 6.02. The molecule has 0 aromatic carbocycles. The number of hydrogen-bond donors (Lipinski definition) is 4. The van der Waals surface area contributed by atoms with Crippen LogP contribution in [0.1, 0.15) is 33.1 Å². The van der Waals surface area contributed by atoms with Crippen molar-refractivity contribution in [2.75, 3.05) is 13.1 Å². The van der Waals surface area contributed by atoms with E-state index in [2.05, 4.69) is 10.6 Å². The van der Waals surface area contributed by atoms with Crippen molar-refractivity contribution in [2.24, 2.45) is 11.8 Å². The van der Waals surface area contributed by atoms with E-state index in [0.29, 0.717) is 25.4 Å². The maximum absolute atomic E-state index is 11.8. The van der Waals surface area contributed by atoms with Gasteiger partial charge in [-0.15, -0.1) is 0 Å². The monoisotopic (exact) mass is 272 g/mol. The highest BCUT2D eigenvalue weighted by Crippen LogP contribution is 2.15. The van der Waals surface area contributed by atoms with E-state index in [0.717, 1.165) is 6.42 Å². The van der Waals surface area contributed by atoms with Crippen molar-refractivity contribution < 1.29 is 19.8 Å². The Bertz CT molecular complexity index is 320. The maximum Gasteiger partial charge on any atom is 0.303 e. The lowest BCUT2D eigenvalue weighted by Gasteiger charge is -2.19. The summed E-state index contributed by atoms with van der Waals surface area (Å²) < 4.78 is 0. The molecule has 110 valence electrons. The van der Waals surface area contributed by atoms with Crippen molar-refractivity contribution in [3.8, 4) is 0 Å². The molecule has 0 saturated carbocycles. The molecule has 1 rings (SSSR count). The fraction of sp³-hybridized carbons (Fsp3) is 0.846. The summed E-state index contributed by atoms with van der Waals surface area (Å²) in [5, 5.41) is 23.9. The number of hydrogen-bond acceptors (Lipinski definition) is 4. The van der Waals surface area contributed by atoms with Crippen LogP contribution in [0, 0.1) is 11.8 Å². The Balaban J connectivity index is 2.37. The molecule has 4 N–H and O–H groups in total. The van der Waals surface area contributed by atoms with E-state index in [-0.39, 0.29) is 24.3 Å². The predicted molar refractivity (Wildman–Crippen MR) is 70.6 cm³/mol. The van der Waals surface area contributed by atoms with E-state index in [4.69, 9.17) is 5.11 Å². The quantitative estimate of drug-likeness (QED) is 0.521. The molecule has 19 heavy (non-hydrogen) atoms. The lowest BCUT2D eigenvalue weighted by atomic mass is 9.94. The van der Waals surface area contributed by atoms with Gasteiger partial charge in [0.15, 0.2) is 0 Å². The van der Waals surface area contributed by atoms with Gasteiger partial charge in [-0.25, -0.2) is 0 Å². The molecular weight excluding hydrogens is 248 g/mol. The number of nitrogens with one attached hydrogen (secondary N) is 2. The lowest BCUT2D eigenvalue weighted by molar-refractivity contribution is -0.138. The van der Waals surface area contributed by atoms with E-state index >= 15 is 0 Å². The Labute approximate surface area is 113 Å². The Kier molecular flexibility index (Phi) is 6.24. The minimum Gasteiger partial charge on any atom is -0.481 e. The Morgan fingerprint density at radius 3 is 2.58 bits per heavy atom. The third-order valence-corrected chi connectivity index (χ3v) is 3.26. The second-order valence-electron chi connectivity index (χ2n) is 5.69. The van der Waals surface area contributed by atoms with Crippen LogP contribution in [0.15, 0.2) is 0 Å². The van der Waals surface area contributed by atoms with Gasteiger partial charge in [0.1, 0.15) is 0 Å². The number of aliphatic hydroxyl groups is 1. The largest absolute Gasteiger partial charge is 0.481 e. The summed E-state index contributed by atoms with van der Waals surface area (Å²) in [6, 6.07) is -0.362. The van der Waals surface area contributed by atoms with Gasteiger partial charge in [0.2, 0.25) is 5.91 Å². The first-order valence-electron chi connectivity index (χ1n) is 6.79. The number of amides is 1. The van der Waals surface area contributed by atoms with Gasteiger partial charge in [-0.1, -0.05) is 13.8 Å². The van der Waals surface area contributed by atoms with Crippen molar-refractivity contribution in [2.45, 2.75) is 45.3 Å². The van der Waals surface area contributed by atoms with Gasteiger partial charge in [0.05, 0.1) is 12.1 Å². The maximum atomic E-state index is 11.8. The molecule has 0 aromatic heterocycles. The summed E-state index contributed by atoms with van der Waals surface area (Å²) in [6.07, 6.45) is 0.785. The molecule has 1 fully saturated rings. The number of aliphatic hydroxyl groups excluding tert-OH is 1. The highest BCUT2D eigenvalue weighted by atomic mass is 16.4. The van der Waals surface area contributed by atoms with Crippen LogP contribution in [0.4, 0.5) is 0 Å². The standard InChI is InChI=1S/C13H24N2O4/c1-8(2)3-9(4-12(17)18)6-15-13(19)11-5-10(16)7-14-11/h8-11,14,16H,3-7H2,1-2H3,(H,15,19)(H,17,18). The molecule has 0 aliphatic carbocycles. The molecule has 1 aliphatic rings. The van der Waals surface area contributed by atoms with Gasteiger partial charge in [-0.05, 0) is 24.7 Å². The van der Waals surface area contributed by atoms with Gasteiger partial charge >= 0.3 is 5.97 Å². The van der Waals surface area contributed by atoms with E-state index in [1.807, 2.05) is 13.8 Å². The molecule has 6 nitrogen and oxygen atoms in total. The molecule has 1 saturated heterocycles. The van der Waals surface area contributed by atoms with Gasteiger partial charge in [-0.2, -0.15) is 0 Å². The van der Waals surface area contributed by atoms with Crippen LogP contribution in [0.3, 0.4) is 0 Å². The van der Waals surface area contributed by atoms with Crippen molar-refractivity contribution in [1.82, 2.24) is 10.6 Å². The smallest absolute Gasteiger partial charge is 0.303 e. The second-order valence-corrected chi connectivity index (χ2v) is 5.69. The summed E-state index contributed by atoms with van der Waals surface area (Å²) in [6.45, 7) is 4.87. The molecule has 0 aromatic rings. The van der Waals surface area contributed by atoms with Crippen LogP contribution in [-0.4, -0.2) is 47.3 Å². The Morgan fingerprint density at radius 1 is 1.42 bits per heavy atom. The van der Waals surface area contributed by atoms with E-state index in [1.165, 1.54) is 0 Å². The average molecular weight is 272 g/mol. The van der Waals surface area contributed by atoms with Crippen LogP contribution in [-0.2, 0) is 9.59 Å². The summed E-state index contributed by atoms with van der Waals surface area (Å²) in [4.78, 5) is 22.6. The molecule has 3 unspecified atom stereocenters. The Morgan fingerprint density at radius 2 is 2.11 bits per heavy atom. The molecular formula is C13H24N2O4. The summed E-state index contributed by atoms with van der Waals surface area (Å²) in [5.74, 6) is -0.648. The minimum atomic E-state index is -0.839. The topological polar surface area (TPSA) is 98.7 Å². The van der Waals surface area contributed by atoms with Crippen LogP contribution < -0.4 is 10.6 Å². The number of carboxylic acids is 1.